The molecule has 0 bridgehead atoms. The Hall–Kier alpha value is -0.280. The van der Waals surface area contributed by atoms with E-state index >= 15 is 0 Å². The van der Waals surface area contributed by atoms with Gasteiger partial charge >= 0.3 is 0 Å². The van der Waals surface area contributed by atoms with Crippen LogP contribution in [0.4, 0.5) is 0 Å². The van der Waals surface area contributed by atoms with Crippen LogP contribution in [0.15, 0.2) is 0 Å². The Morgan fingerprint density at radius 3 is 2.42 bits per heavy atom. The van der Waals surface area contributed by atoms with Crippen LogP contribution in [0.1, 0.15) is 12.8 Å². The van der Waals surface area contributed by atoms with Crippen molar-refractivity contribution in [3.05, 3.63) is 0 Å². The van der Waals surface area contributed by atoms with E-state index in [-0.39, 0.29) is 17.8 Å². The van der Waals surface area contributed by atoms with E-state index in [1.54, 1.807) is 0 Å². The molecule has 0 radical (unpaired) electrons. The molecule has 0 unspecified atom stereocenters. The fourth-order valence-electron chi connectivity index (χ4n) is 2.18. The zero-order chi connectivity index (χ0) is 7.90. The lowest BCUT2D eigenvalue weighted by atomic mass is 9.72. The van der Waals surface area contributed by atoms with Crippen molar-refractivity contribution in [1.82, 2.24) is 10.2 Å². The fourth-order valence-corrected chi connectivity index (χ4v) is 2.18. The lowest BCUT2D eigenvalue weighted by Gasteiger charge is -2.49. The molecule has 1 N–H and O–H groups in total. The molecule has 2 fully saturated rings. The largest absolute Gasteiger partial charge is 0.344 e. The molecule has 2 saturated heterocycles. The van der Waals surface area contributed by atoms with E-state index in [4.69, 9.17) is 0 Å². The summed E-state index contributed by atoms with van der Waals surface area (Å²) in [6.45, 7) is 3.01. The Kier molecular flexibility index (Phi) is 2.64. The maximum atomic E-state index is 11.4. The maximum absolute atomic E-state index is 11.4. The van der Waals surface area contributed by atoms with Crippen molar-refractivity contribution in [2.45, 2.75) is 12.8 Å². The van der Waals surface area contributed by atoms with Gasteiger partial charge in [0.2, 0.25) is 5.91 Å². The number of piperidine rings is 1. The molecule has 0 aliphatic carbocycles. The quantitative estimate of drug-likeness (QED) is 0.556. The monoisotopic (exact) mass is 190 g/mol. The van der Waals surface area contributed by atoms with Gasteiger partial charge in [-0.1, -0.05) is 0 Å². The number of hydrogen-bond acceptors (Lipinski definition) is 2. The van der Waals surface area contributed by atoms with Crippen LogP contribution in [0.5, 0.6) is 0 Å². The number of carbonyl (C=O) groups excluding carboxylic acids is 1. The predicted octanol–water partition coefficient (Wildman–Crippen LogP) is 0.250. The summed E-state index contributed by atoms with van der Waals surface area (Å²) >= 11 is 0. The van der Waals surface area contributed by atoms with Crippen LogP contribution in [0.2, 0.25) is 0 Å². The first-order valence-corrected chi connectivity index (χ1v) is 4.21. The second-order valence-corrected chi connectivity index (χ2v) is 3.69. The molecule has 2 aliphatic rings. The Morgan fingerprint density at radius 2 is 2.00 bits per heavy atom. The van der Waals surface area contributed by atoms with Gasteiger partial charge in [-0.15, -0.1) is 12.4 Å². The summed E-state index contributed by atoms with van der Waals surface area (Å²) in [6, 6.07) is 0. The molecule has 2 rings (SSSR count). The summed E-state index contributed by atoms with van der Waals surface area (Å²) in [5, 5.41) is 3.27. The zero-order valence-corrected chi connectivity index (χ0v) is 8.12. The third-order valence-corrected chi connectivity index (χ3v) is 2.90. The molecule has 70 valence electrons. The zero-order valence-electron chi connectivity index (χ0n) is 7.30. The molecule has 2 aliphatic heterocycles. The van der Waals surface area contributed by atoms with Gasteiger partial charge in [0.15, 0.2) is 0 Å². The van der Waals surface area contributed by atoms with Gasteiger partial charge in [-0.3, -0.25) is 4.79 Å². The number of β-lactam (4-membered cyclic amide) rings is 1. The number of nitrogens with one attached hydrogen (secondary N) is 1. The topological polar surface area (TPSA) is 32.3 Å². The van der Waals surface area contributed by atoms with Crippen molar-refractivity contribution in [1.29, 1.82) is 0 Å². The van der Waals surface area contributed by atoms with Crippen molar-refractivity contribution in [2.75, 3.05) is 26.7 Å². The average Bonchev–Trinajstić information content (AvgIpc) is 2.06. The molecule has 2 heterocycles. The lowest BCUT2D eigenvalue weighted by Crippen LogP contribution is -2.62. The third kappa shape index (κ3) is 1.21. The summed E-state index contributed by atoms with van der Waals surface area (Å²) in [6.07, 6.45) is 2.08. The first-order valence-electron chi connectivity index (χ1n) is 4.21. The van der Waals surface area contributed by atoms with Crippen LogP contribution in [0, 0.1) is 5.41 Å². The second kappa shape index (κ2) is 3.23. The molecule has 12 heavy (non-hydrogen) atoms. The molecule has 0 atom stereocenters. The number of hydrogen-bond donors (Lipinski definition) is 1. The van der Waals surface area contributed by atoms with Crippen LogP contribution >= 0.6 is 12.4 Å². The second-order valence-electron chi connectivity index (χ2n) is 3.69. The molecule has 1 spiro atoms. The normalized spacial score (nSPS) is 26.4. The number of nitrogens with zero attached hydrogens (tertiary/aromatic N) is 1. The standard InChI is InChI=1S/C8H14N2O.ClH/c1-10-6-8(7(10)11)2-4-9-5-3-8;/h9H,2-6H2,1H3;1H. The highest BCUT2D eigenvalue weighted by molar-refractivity contribution is 5.88. The van der Waals surface area contributed by atoms with Crippen LogP contribution in [-0.2, 0) is 4.79 Å². The van der Waals surface area contributed by atoms with E-state index in [9.17, 15) is 4.79 Å². The van der Waals surface area contributed by atoms with Gasteiger partial charge in [0, 0.05) is 13.6 Å². The van der Waals surface area contributed by atoms with E-state index in [0.29, 0.717) is 5.91 Å². The summed E-state index contributed by atoms with van der Waals surface area (Å²) in [4.78, 5) is 13.3. The van der Waals surface area contributed by atoms with Gasteiger partial charge in [-0.05, 0) is 25.9 Å². The molecule has 1 amide bonds. The SMILES string of the molecule is CN1CC2(CCNCC2)C1=O.Cl. The van der Waals surface area contributed by atoms with Gasteiger partial charge in [0.1, 0.15) is 0 Å². The Morgan fingerprint density at radius 1 is 1.42 bits per heavy atom. The van der Waals surface area contributed by atoms with Crippen LogP contribution < -0.4 is 5.32 Å². The Labute approximate surface area is 78.9 Å². The Balaban J connectivity index is 0.000000720. The first kappa shape index (κ1) is 9.81. The summed E-state index contributed by atoms with van der Waals surface area (Å²) in [5.74, 6) is 0.360. The minimum Gasteiger partial charge on any atom is -0.344 e. The molecule has 4 heteroatoms. The highest BCUT2D eigenvalue weighted by Gasteiger charge is 2.50. The summed E-state index contributed by atoms with van der Waals surface area (Å²) in [7, 11) is 1.88. The summed E-state index contributed by atoms with van der Waals surface area (Å²) in [5.41, 5.74) is 0.0556. The van der Waals surface area contributed by atoms with Crippen LogP contribution in [0.25, 0.3) is 0 Å². The van der Waals surface area contributed by atoms with Crippen molar-refractivity contribution >= 4 is 18.3 Å². The minimum atomic E-state index is 0. The van der Waals surface area contributed by atoms with Gasteiger partial charge in [0.25, 0.3) is 0 Å². The summed E-state index contributed by atoms with van der Waals surface area (Å²) < 4.78 is 0. The average molecular weight is 191 g/mol. The first-order chi connectivity index (χ1) is 5.25. The minimum absolute atomic E-state index is 0. The highest BCUT2D eigenvalue weighted by Crippen LogP contribution is 2.38. The van der Waals surface area contributed by atoms with E-state index in [1.165, 1.54) is 0 Å². The van der Waals surface area contributed by atoms with Gasteiger partial charge in [-0.2, -0.15) is 0 Å². The highest BCUT2D eigenvalue weighted by atomic mass is 35.5. The van der Waals surface area contributed by atoms with E-state index in [2.05, 4.69) is 5.32 Å². The molecule has 0 aromatic heterocycles. The van der Waals surface area contributed by atoms with E-state index in [1.807, 2.05) is 11.9 Å². The Bertz CT molecular complexity index is 184. The number of rotatable bonds is 0. The van der Waals surface area contributed by atoms with Crippen LogP contribution in [-0.4, -0.2) is 37.5 Å². The van der Waals surface area contributed by atoms with Crippen molar-refractivity contribution in [3.63, 3.8) is 0 Å². The molecule has 0 aromatic rings. The van der Waals surface area contributed by atoms with Gasteiger partial charge in [0.05, 0.1) is 5.41 Å². The number of likely N-dealkylation sites (tertiary alicyclic amines) is 1. The molecule has 0 saturated carbocycles. The molecule has 0 aromatic carbocycles. The predicted molar refractivity (Wildman–Crippen MR) is 49.4 cm³/mol. The van der Waals surface area contributed by atoms with Crippen molar-refractivity contribution in [2.24, 2.45) is 5.41 Å². The van der Waals surface area contributed by atoms with Crippen molar-refractivity contribution < 1.29 is 4.79 Å². The van der Waals surface area contributed by atoms with Crippen molar-refractivity contribution in [3.8, 4) is 0 Å². The van der Waals surface area contributed by atoms with E-state index < -0.39 is 0 Å². The van der Waals surface area contributed by atoms with Gasteiger partial charge in [-0.25, -0.2) is 0 Å². The van der Waals surface area contributed by atoms with Crippen LogP contribution in [0.3, 0.4) is 0 Å². The maximum Gasteiger partial charge on any atom is 0.230 e. The molecular weight excluding hydrogens is 176 g/mol. The molecular formula is C8H15ClN2O. The number of amides is 1. The lowest BCUT2D eigenvalue weighted by molar-refractivity contribution is -0.160. The smallest absolute Gasteiger partial charge is 0.230 e. The number of halogens is 1. The van der Waals surface area contributed by atoms with E-state index in [0.717, 1.165) is 32.5 Å². The number of carbonyl (C=O) groups is 1. The molecule has 3 nitrogen and oxygen atoms in total. The fraction of sp³-hybridized carbons (Fsp3) is 0.875. The third-order valence-electron chi connectivity index (χ3n) is 2.90. The van der Waals surface area contributed by atoms with Gasteiger partial charge < -0.3 is 10.2 Å².